The molecule has 11 heteroatoms. The third kappa shape index (κ3) is 7.25. The van der Waals surface area contributed by atoms with Gasteiger partial charge in [-0.05, 0) is 127 Å². The maximum absolute atomic E-state index is 13.9. The summed E-state index contributed by atoms with van der Waals surface area (Å²) >= 11 is 0. The van der Waals surface area contributed by atoms with Crippen LogP contribution < -0.4 is 10.1 Å². The molecule has 1 unspecified atom stereocenters. The van der Waals surface area contributed by atoms with Gasteiger partial charge in [0.05, 0.1) is 17.3 Å². The van der Waals surface area contributed by atoms with Crippen LogP contribution in [0.4, 0.5) is 15.3 Å². The molecule has 2 spiro atoms. The quantitative estimate of drug-likeness (QED) is 0.208. The third-order valence-electron chi connectivity index (χ3n) is 12.2. The molecule has 3 atom stereocenters. The molecule has 3 amide bonds. The molecule has 1 N–H and O–H groups in total. The average Bonchev–Trinajstić information content (AvgIpc) is 3.93. The number of likely N-dealkylation sites (tertiary alicyclic amines) is 2. The van der Waals surface area contributed by atoms with E-state index in [-0.39, 0.29) is 28.9 Å². The van der Waals surface area contributed by atoms with Gasteiger partial charge >= 0.3 is 12.2 Å². The Balaban J connectivity index is 0.991. The zero-order valence-electron chi connectivity index (χ0n) is 33.7. The highest BCUT2D eigenvalue weighted by Crippen LogP contribution is 2.56. The average molecular weight is 773 g/mol. The monoisotopic (exact) mass is 772 g/mol. The topological polar surface area (TPSA) is 119 Å². The molecule has 5 aliphatic rings. The second-order valence-electron chi connectivity index (χ2n) is 19.2. The number of fused-ring (bicyclic) bond motifs is 5. The number of anilines is 1. The smallest absolute Gasteiger partial charge is 0.410 e. The van der Waals surface area contributed by atoms with Crippen LogP contribution in [0.1, 0.15) is 97.4 Å². The number of ketones is 1. The normalized spacial score (nSPS) is 22.5. The predicted molar refractivity (Wildman–Crippen MR) is 216 cm³/mol. The highest BCUT2D eigenvalue weighted by atomic mass is 16.6. The minimum absolute atomic E-state index is 0.00226. The summed E-state index contributed by atoms with van der Waals surface area (Å²) in [6.07, 6.45) is 4.22. The summed E-state index contributed by atoms with van der Waals surface area (Å²) in [7, 11) is 0. The van der Waals surface area contributed by atoms with Gasteiger partial charge in [0, 0.05) is 47.8 Å². The van der Waals surface area contributed by atoms with E-state index in [9.17, 15) is 19.2 Å². The molecule has 4 heterocycles. The number of carbonyl (C=O) groups is 4. The van der Waals surface area contributed by atoms with E-state index in [1.165, 1.54) is 0 Å². The van der Waals surface area contributed by atoms with Crippen LogP contribution in [-0.4, -0.2) is 74.6 Å². The number of aromatic nitrogens is 1. The zero-order chi connectivity index (χ0) is 40.1. The Bertz CT molecular complexity index is 2290. The molecule has 9 rings (SSSR count). The van der Waals surface area contributed by atoms with Gasteiger partial charge in [0.2, 0.25) is 12.1 Å². The lowest BCUT2D eigenvalue weighted by Gasteiger charge is -2.31. The highest BCUT2D eigenvalue weighted by molar-refractivity contribution is 5.98. The molecule has 0 bridgehead atoms. The molecule has 2 saturated carbocycles. The minimum Gasteiger partial charge on any atom is -0.465 e. The number of hydrogen-bond donors (Lipinski definition) is 1. The summed E-state index contributed by atoms with van der Waals surface area (Å²) in [5, 5.41) is 4.06. The number of ether oxygens (including phenoxy) is 3. The third-order valence-corrected chi connectivity index (χ3v) is 12.2. The number of nitrogens with zero attached hydrogens (tertiary/aromatic N) is 3. The van der Waals surface area contributed by atoms with Crippen molar-refractivity contribution in [1.82, 2.24) is 14.4 Å². The maximum atomic E-state index is 13.9. The van der Waals surface area contributed by atoms with Gasteiger partial charge in [-0.1, -0.05) is 36.4 Å². The molecule has 4 fully saturated rings. The van der Waals surface area contributed by atoms with Crippen molar-refractivity contribution in [2.24, 2.45) is 10.8 Å². The van der Waals surface area contributed by atoms with Crippen molar-refractivity contribution in [2.45, 2.75) is 116 Å². The molecule has 2 aliphatic carbocycles. The van der Waals surface area contributed by atoms with Crippen molar-refractivity contribution in [3.63, 3.8) is 0 Å². The van der Waals surface area contributed by atoms with E-state index in [0.29, 0.717) is 37.4 Å². The van der Waals surface area contributed by atoms with Crippen LogP contribution in [0.5, 0.6) is 5.75 Å². The van der Waals surface area contributed by atoms with Crippen LogP contribution in [0.15, 0.2) is 72.8 Å². The molecule has 298 valence electrons. The van der Waals surface area contributed by atoms with Crippen molar-refractivity contribution >= 4 is 40.5 Å². The summed E-state index contributed by atoms with van der Waals surface area (Å²) in [5.41, 5.74) is 3.94. The van der Waals surface area contributed by atoms with Gasteiger partial charge in [-0.2, -0.15) is 0 Å². The first-order valence-corrected chi connectivity index (χ1v) is 20.3. The molecular formula is C46H52N4O7. The van der Waals surface area contributed by atoms with Crippen LogP contribution in [0.25, 0.3) is 22.2 Å². The Hall–Kier alpha value is -5.32. The molecule has 57 heavy (non-hydrogen) atoms. The van der Waals surface area contributed by atoms with Crippen molar-refractivity contribution in [2.75, 3.05) is 18.4 Å². The van der Waals surface area contributed by atoms with E-state index in [1.807, 2.05) is 102 Å². The van der Waals surface area contributed by atoms with E-state index in [2.05, 4.69) is 22.0 Å². The van der Waals surface area contributed by atoms with E-state index in [4.69, 9.17) is 14.2 Å². The van der Waals surface area contributed by atoms with Crippen LogP contribution in [-0.2, 0) is 25.5 Å². The van der Waals surface area contributed by atoms with Crippen molar-refractivity contribution in [1.29, 1.82) is 0 Å². The molecule has 3 aliphatic heterocycles. The Morgan fingerprint density at radius 3 is 1.98 bits per heavy atom. The largest absolute Gasteiger partial charge is 0.465 e. The number of Topliss-reactive ketones (excluding diaryl/α,β-unsaturated/α-hetero) is 1. The fourth-order valence-electron chi connectivity index (χ4n) is 9.05. The summed E-state index contributed by atoms with van der Waals surface area (Å²) in [6, 6.07) is 22.8. The first-order chi connectivity index (χ1) is 27.0. The van der Waals surface area contributed by atoms with Crippen molar-refractivity contribution in [3.8, 4) is 17.0 Å². The summed E-state index contributed by atoms with van der Waals surface area (Å²) in [6.45, 7) is 12.1. The fourth-order valence-corrected chi connectivity index (χ4v) is 9.05. The first-order valence-electron chi connectivity index (χ1n) is 20.3. The standard InChI is InChI=1S/C46H52N4O7/c1-43(2,3)56-41(53)48-26-45(16-17-45)24-35(48)37(51)21-28-12-15-33-30(20-28)22-34-32-14-13-31(23-38(32)55-40(50(33)34)29-10-8-7-9-11-29)47-39(52)36-25-46(18-19-46)27-49(36)42(54)57-44(4,5)6/h7-15,20,22-23,35-36,40H,16-19,21,24-27H2,1-6H3,(H,47,52)/t35-,36-,40?/m0/s1. The van der Waals surface area contributed by atoms with Crippen molar-refractivity contribution < 1.29 is 33.4 Å². The molecule has 3 aromatic carbocycles. The molecule has 4 aromatic rings. The summed E-state index contributed by atoms with van der Waals surface area (Å²) in [4.78, 5) is 57.5. The minimum atomic E-state index is -0.663. The van der Waals surface area contributed by atoms with Crippen LogP contribution in [0, 0.1) is 10.8 Å². The van der Waals surface area contributed by atoms with Gasteiger partial charge in [-0.15, -0.1) is 0 Å². The number of benzene rings is 3. The van der Waals surface area contributed by atoms with Crippen LogP contribution in [0.3, 0.4) is 0 Å². The van der Waals surface area contributed by atoms with Gasteiger partial charge in [0.15, 0.2) is 5.78 Å². The van der Waals surface area contributed by atoms with Gasteiger partial charge in [0.1, 0.15) is 23.0 Å². The SMILES string of the molecule is CC(C)(C)OC(=O)N1CC2(CC2)C[C@H]1C(=O)Cc1ccc2c(c1)cc1n2C(c2ccccc2)Oc2cc(NC(=O)[C@@H]3CC4(CC4)CN3C(=O)OC(C)(C)C)ccc2-1. The van der Waals surface area contributed by atoms with E-state index in [0.717, 1.165) is 59.0 Å². The summed E-state index contributed by atoms with van der Waals surface area (Å²) < 4.78 is 20.4. The van der Waals surface area contributed by atoms with Gasteiger partial charge in [0.25, 0.3) is 0 Å². The lowest BCUT2D eigenvalue weighted by molar-refractivity contribution is -0.122. The van der Waals surface area contributed by atoms with Crippen LogP contribution >= 0.6 is 0 Å². The molecule has 2 saturated heterocycles. The maximum Gasteiger partial charge on any atom is 0.410 e. The van der Waals surface area contributed by atoms with E-state index >= 15 is 0 Å². The number of rotatable bonds is 6. The Morgan fingerprint density at radius 1 is 0.754 bits per heavy atom. The first kappa shape index (κ1) is 37.3. The predicted octanol–water partition coefficient (Wildman–Crippen LogP) is 8.88. The zero-order valence-corrected chi connectivity index (χ0v) is 33.7. The molecule has 0 radical (unpaired) electrons. The van der Waals surface area contributed by atoms with Crippen LogP contribution in [0.2, 0.25) is 0 Å². The van der Waals surface area contributed by atoms with E-state index in [1.54, 1.807) is 9.80 Å². The van der Waals surface area contributed by atoms with Gasteiger partial charge in [-0.25, -0.2) is 9.59 Å². The Labute approximate surface area is 333 Å². The van der Waals surface area contributed by atoms with Crippen molar-refractivity contribution in [3.05, 3.63) is 83.9 Å². The molecule has 1 aromatic heterocycles. The molecular weight excluding hydrogens is 721 g/mol. The highest BCUT2D eigenvalue weighted by Gasteiger charge is 2.57. The Morgan fingerprint density at radius 2 is 1.37 bits per heavy atom. The number of nitrogens with one attached hydrogen (secondary N) is 1. The van der Waals surface area contributed by atoms with Gasteiger partial charge < -0.3 is 24.1 Å². The summed E-state index contributed by atoms with van der Waals surface area (Å²) in [5.74, 6) is 0.409. The number of hydrogen-bond acceptors (Lipinski definition) is 7. The lowest BCUT2D eigenvalue weighted by atomic mass is 9.97. The molecule has 11 nitrogen and oxygen atoms in total. The second-order valence-corrected chi connectivity index (χ2v) is 19.2. The fraction of sp³-hybridized carbons (Fsp3) is 0.478. The van der Waals surface area contributed by atoms with Gasteiger partial charge in [-0.3, -0.25) is 19.4 Å². The number of carbonyl (C=O) groups excluding carboxylic acids is 4. The number of amides is 3. The lowest BCUT2D eigenvalue weighted by Crippen LogP contribution is -2.45. The Kier molecular flexibility index (Phi) is 8.57. The van der Waals surface area contributed by atoms with E-state index < -0.39 is 41.7 Å². The second kappa shape index (κ2) is 13.1.